The maximum atomic E-state index is 13.6. The lowest BCUT2D eigenvalue weighted by molar-refractivity contribution is -0.156. The van der Waals surface area contributed by atoms with Gasteiger partial charge >= 0.3 is 23.5 Å². The molecule has 4 aromatic carbocycles. The number of nitrogens with zero attached hydrogens (tertiary/aromatic N) is 4. The molecule has 0 fully saturated rings. The lowest BCUT2D eigenvalue weighted by Gasteiger charge is -2.14. The highest BCUT2D eigenvalue weighted by atomic mass is 35.5. The van der Waals surface area contributed by atoms with Crippen LogP contribution in [0.5, 0.6) is 21.6 Å². The van der Waals surface area contributed by atoms with Gasteiger partial charge in [0.15, 0.2) is 10.1 Å². The summed E-state index contributed by atoms with van der Waals surface area (Å²) < 4.78 is 53.7. The molecule has 24 heteroatoms. The molecule has 4 aromatic heterocycles. The number of ether oxygens (including phenoxy) is 3. The molecular weight excluding hydrogens is 1190 g/mol. The largest absolute Gasteiger partial charge is 0.466 e. The Morgan fingerprint density at radius 1 is 0.679 bits per heavy atom. The van der Waals surface area contributed by atoms with Gasteiger partial charge in [-0.25, -0.2) is 9.59 Å². The summed E-state index contributed by atoms with van der Waals surface area (Å²) >= 11 is 26.7. The molecule has 0 saturated heterocycles. The highest BCUT2D eigenvalue weighted by Gasteiger charge is 2.29. The number of aromatic nitrogens is 4. The number of aldehydes is 1. The average molecular weight is 1250 g/mol. The van der Waals surface area contributed by atoms with Gasteiger partial charge in [-0.3, -0.25) is 37.4 Å². The van der Waals surface area contributed by atoms with Crippen LogP contribution in [0.3, 0.4) is 0 Å². The van der Waals surface area contributed by atoms with Crippen LogP contribution in [-0.2, 0) is 47.9 Å². The third-order valence-electron chi connectivity index (χ3n) is 12.6. The van der Waals surface area contributed by atoms with Gasteiger partial charge < -0.3 is 19.3 Å². The first-order chi connectivity index (χ1) is 38.5. The van der Waals surface area contributed by atoms with E-state index in [2.05, 4.69) is 20.8 Å². The Kier molecular flexibility index (Phi) is 25.1. The van der Waals surface area contributed by atoms with Crippen molar-refractivity contribution in [2.45, 2.75) is 104 Å². The number of aliphatic hydroxyl groups is 1. The Morgan fingerprint density at radius 2 is 1.14 bits per heavy atom. The minimum absolute atomic E-state index is 0.118. The lowest BCUT2D eigenvalue weighted by Crippen LogP contribution is -2.39. The molecule has 0 aliphatic carbocycles. The highest BCUT2D eigenvalue weighted by molar-refractivity contribution is 7.21. The predicted molar refractivity (Wildman–Crippen MR) is 322 cm³/mol. The van der Waals surface area contributed by atoms with E-state index >= 15 is 0 Å². The van der Waals surface area contributed by atoms with Crippen molar-refractivity contribution in [2.75, 3.05) is 6.61 Å². The molecule has 8 rings (SSSR count). The van der Waals surface area contributed by atoms with E-state index < -0.39 is 47.0 Å². The van der Waals surface area contributed by atoms with E-state index in [1.807, 2.05) is 19.1 Å². The normalized spacial score (nSPS) is 11.5. The third-order valence-corrected chi connectivity index (χ3v) is 19.4. The molecule has 0 spiro atoms. The van der Waals surface area contributed by atoms with E-state index in [4.69, 9.17) is 65.4 Å². The SMILES string of the molecule is CC(=O)OCCCn1c(=O)c2c(Cc3ccc(Cl)cc3)c(Oc3cccc(Cl)c3)sc2n(C)c1=O.CCCCn1c(=O)c2c(C(O)c3ccc(Cl)cc3)c(Oc3cccc(Cl)c3)sc2n(C)c1=O.CC[SiH](CC)CC.O=CC(F)(F)F. The molecule has 1 unspecified atom stereocenters. The molecule has 434 valence electrons. The molecule has 0 saturated carbocycles. The predicted octanol–water partition coefficient (Wildman–Crippen LogP) is 14.2. The van der Waals surface area contributed by atoms with Crippen LogP contribution in [0, 0.1) is 0 Å². The first-order valence-electron chi connectivity index (χ1n) is 25.7. The second kappa shape index (κ2) is 30.9. The minimum Gasteiger partial charge on any atom is -0.466 e. The number of fused-ring (bicyclic) bond motifs is 2. The van der Waals surface area contributed by atoms with Crippen LogP contribution in [0.25, 0.3) is 20.4 Å². The Labute approximate surface area is 495 Å². The van der Waals surface area contributed by atoms with Crippen molar-refractivity contribution in [2.24, 2.45) is 14.1 Å². The minimum atomic E-state index is -4.64. The zero-order chi connectivity index (χ0) is 59.7. The number of aliphatic hydroxyl groups excluding tert-OH is 1. The number of carbonyl (C=O) groups is 2. The number of halogens is 7. The number of alkyl halides is 3. The summed E-state index contributed by atoms with van der Waals surface area (Å²) in [4.78, 5) is 73.6. The second-order valence-corrected chi connectivity index (χ2v) is 26.2. The van der Waals surface area contributed by atoms with Crippen LogP contribution in [0.2, 0.25) is 38.2 Å². The summed E-state index contributed by atoms with van der Waals surface area (Å²) in [6.07, 6.45) is -4.62. The molecule has 0 bridgehead atoms. The Hall–Kier alpha value is -5.97. The van der Waals surface area contributed by atoms with Crippen molar-refractivity contribution in [3.8, 4) is 21.6 Å². The van der Waals surface area contributed by atoms with Crippen molar-refractivity contribution < 1.29 is 42.1 Å². The molecule has 1 N–H and O–H groups in total. The Morgan fingerprint density at radius 3 is 1.59 bits per heavy atom. The van der Waals surface area contributed by atoms with E-state index in [0.717, 1.165) is 23.3 Å². The quantitative estimate of drug-likeness (QED) is 0.0377. The summed E-state index contributed by atoms with van der Waals surface area (Å²) in [5.74, 6) is 0.564. The zero-order valence-electron chi connectivity index (χ0n) is 45.4. The zero-order valence-corrected chi connectivity index (χ0v) is 51.2. The van der Waals surface area contributed by atoms with Crippen LogP contribution in [-0.4, -0.2) is 57.2 Å². The summed E-state index contributed by atoms with van der Waals surface area (Å²) in [6, 6.07) is 32.3. The molecule has 0 aliphatic heterocycles. The van der Waals surface area contributed by atoms with Crippen LogP contribution in [0.4, 0.5) is 13.2 Å². The fraction of sp³-hybridized carbons (Fsp3) is 0.333. The Bertz CT molecular complexity index is 3670. The average Bonchev–Trinajstić information content (AvgIpc) is 4.03. The van der Waals surface area contributed by atoms with Crippen LogP contribution in [0.1, 0.15) is 82.2 Å². The molecule has 8 aromatic rings. The van der Waals surface area contributed by atoms with E-state index in [-0.39, 0.29) is 27.3 Å². The van der Waals surface area contributed by atoms with Crippen LogP contribution < -0.4 is 32.0 Å². The summed E-state index contributed by atoms with van der Waals surface area (Å²) in [5.41, 5.74) is 0.754. The van der Waals surface area contributed by atoms with Crippen molar-refractivity contribution in [1.82, 2.24) is 18.3 Å². The molecule has 0 aliphatic rings. The smallest absolute Gasteiger partial charge is 0.446 e. The molecule has 1 atom stereocenters. The molecule has 0 amide bonds. The van der Waals surface area contributed by atoms with Gasteiger partial charge in [0, 0.05) is 75.0 Å². The molecule has 14 nitrogen and oxygen atoms in total. The molecule has 4 heterocycles. The number of hydrogen-bond acceptors (Lipinski definition) is 12. The summed E-state index contributed by atoms with van der Waals surface area (Å²) in [5, 5.41) is 15.0. The first-order valence-corrected chi connectivity index (χ1v) is 31.3. The topological polar surface area (TPSA) is 170 Å². The monoisotopic (exact) mass is 1250 g/mol. The fourth-order valence-electron chi connectivity index (χ4n) is 8.20. The second-order valence-electron chi connectivity index (χ2n) is 18.3. The number of carbonyl (C=O) groups excluding carboxylic acids is 2. The van der Waals surface area contributed by atoms with Gasteiger partial charge in [0.2, 0.25) is 6.29 Å². The Balaban J connectivity index is 0.000000244. The van der Waals surface area contributed by atoms with Gasteiger partial charge in [-0.05, 0) is 84.6 Å². The van der Waals surface area contributed by atoms with Gasteiger partial charge in [0.05, 0.1) is 22.9 Å². The van der Waals surface area contributed by atoms with Gasteiger partial charge in [-0.2, -0.15) is 13.2 Å². The number of thiophene rings is 2. The van der Waals surface area contributed by atoms with Gasteiger partial charge in [0.1, 0.15) is 27.3 Å². The molecule has 81 heavy (non-hydrogen) atoms. The van der Waals surface area contributed by atoms with Crippen molar-refractivity contribution in [1.29, 1.82) is 0 Å². The summed E-state index contributed by atoms with van der Waals surface area (Å²) in [6.45, 7) is 10.8. The number of benzene rings is 4. The van der Waals surface area contributed by atoms with Gasteiger partial charge in [-0.1, -0.05) is 158 Å². The van der Waals surface area contributed by atoms with Gasteiger partial charge in [0.25, 0.3) is 11.1 Å². The number of aryl methyl sites for hydroxylation is 2. The van der Waals surface area contributed by atoms with Gasteiger partial charge in [-0.15, -0.1) is 0 Å². The van der Waals surface area contributed by atoms with E-state index in [9.17, 15) is 42.3 Å². The maximum Gasteiger partial charge on any atom is 0.446 e. The number of esters is 1. The number of unbranched alkanes of at least 4 members (excludes halogenated alkanes) is 1. The van der Waals surface area contributed by atoms with Crippen LogP contribution in [0.15, 0.2) is 116 Å². The molecule has 0 radical (unpaired) electrons. The lowest BCUT2D eigenvalue weighted by atomic mass is 10.0. The summed E-state index contributed by atoms with van der Waals surface area (Å²) in [7, 11) is 3.07. The van der Waals surface area contributed by atoms with E-state index in [0.29, 0.717) is 99.3 Å². The van der Waals surface area contributed by atoms with E-state index in [1.54, 1.807) is 99.0 Å². The van der Waals surface area contributed by atoms with E-state index in [1.165, 1.54) is 54.7 Å². The van der Waals surface area contributed by atoms with Crippen molar-refractivity contribution in [3.05, 3.63) is 181 Å². The maximum absolute atomic E-state index is 13.6. The standard InChI is InChI=1S/C25H22Cl2N2O5S.C24H22Cl2N2O4S.C6H16Si.C2HF3O/c1-15(30)33-12-4-11-29-22(31)21-20(13-16-7-9-17(26)10-8-16)24(35-23(21)28(2)25(29)32)34-19-6-3-5-18(27)14-19;1-3-4-12-28-21(30)19-18(20(29)14-8-10-15(25)11-9-14)23(33-22(19)27(2)24(28)31)32-17-7-5-6-16(26)13-17;1-4-7(5-2)6-3;3-2(4,5)1-6/h3,5-10,14H,4,11-13H2,1-2H3;5-11,13,20,29H,3-4,12H2,1-2H3;7H,4-6H2,1-3H3;1H. The highest BCUT2D eigenvalue weighted by Crippen LogP contribution is 2.44. The fourth-order valence-corrected chi connectivity index (χ4v) is 12.8. The van der Waals surface area contributed by atoms with Crippen molar-refractivity contribution >= 4 is 111 Å². The first kappa shape index (κ1) is 65.8. The van der Waals surface area contributed by atoms with Crippen LogP contribution >= 0.6 is 69.1 Å². The molecular formula is C57H61Cl4F3N4O10S2Si. The number of hydrogen-bond donors (Lipinski definition) is 1. The van der Waals surface area contributed by atoms with Crippen molar-refractivity contribution in [3.63, 3.8) is 0 Å². The third kappa shape index (κ3) is 18.0. The number of rotatable bonds is 18.